The minimum Gasteiger partial charge on any atom is -0.334 e. The molecule has 0 radical (unpaired) electrons. The number of hydrogen-bond acceptors (Lipinski definition) is 2. The van der Waals surface area contributed by atoms with Gasteiger partial charge in [-0.15, -0.1) is 12.4 Å². The highest BCUT2D eigenvalue weighted by Gasteiger charge is 2.01. The first-order valence-electron chi connectivity index (χ1n) is 3.94. The van der Waals surface area contributed by atoms with Gasteiger partial charge in [0.1, 0.15) is 5.82 Å². The van der Waals surface area contributed by atoms with E-state index in [1.54, 1.807) is 6.20 Å². The van der Waals surface area contributed by atoms with Crippen LogP contribution in [0.15, 0.2) is 12.4 Å². The fraction of sp³-hybridized carbons (Fsp3) is 0.625. The van der Waals surface area contributed by atoms with E-state index in [-0.39, 0.29) is 12.4 Å². The fourth-order valence-electron chi connectivity index (χ4n) is 1.09. The van der Waals surface area contributed by atoms with Gasteiger partial charge in [0.2, 0.25) is 0 Å². The van der Waals surface area contributed by atoms with Crippen LogP contribution in [0.1, 0.15) is 19.7 Å². The van der Waals surface area contributed by atoms with E-state index in [9.17, 15) is 0 Å². The molecule has 0 aliphatic rings. The Kier molecular flexibility index (Phi) is 4.93. The van der Waals surface area contributed by atoms with Gasteiger partial charge in [0.05, 0.1) is 6.54 Å². The third-order valence-corrected chi connectivity index (χ3v) is 1.55. The van der Waals surface area contributed by atoms with E-state index < -0.39 is 0 Å². The second kappa shape index (κ2) is 5.17. The number of nitrogens with two attached hydrogens (primary N) is 1. The molecule has 3 nitrogen and oxygen atoms in total. The summed E-state index contributed by atoms with van der Waals surface area (Å²) in [6.07, 6.45) is 3.77. The van der Waals surface area contributed by atoms with Crippen molar-refractivity contribution in [1.82, 2.24) is 9.55 Å². The summed E-state index contributed by atoms with van der Waals surface area (Å²) in [5, 5.41) is 0. The lowest BCUT2D eigenvalue weighted by atomic mass is 10.2. The van der Waals surface area contributed by atoms with Crippen LogP contribution in [0.5, 0.6) is 0 Å². The normalized spacial score (nSPS) is 10.0. The first kappa shape index (κ1) is 11.5. The summed E-state index contributed by atoms with van der Waals surface area (Å²) >= 11 is 0. The van der Waals surface area contributed by atoms with Gasteiger partial charge in [-0.25, -0.2) is 4.98 Å². The van der Waals surface area contributed by atoms with Crippen LogP contribution in [0.25, 0.3) is 0 Å². The van der Waals surface area contributed by atoms with Gasteiger partial charge < -0.3 is 10.3 Å². The molecule has 70 valence electrons. The predicted molar refractivity (Wildman–Crippen MR) is 52.2 cm³/mol. The minimum atomic E-state index is 0. The Balaban J connectivity index is 0.00000121. The smallest absolute Gasteiger partial charge is 0.122 e. The highest BCUT2D eigenvalue weighted by atomic mass is 35.5. The first-order chi connectivity index (χ1) is 5.24. The summed E-state index contributed by atoms with van der Waals surface area (Å²) in [5.41, 5.74) is 5.49. The molecule has 0 aromatic carbocycles. The lowest BCUT2D eigenvalue weighted by Crippen LogP contribution is -2.10. The first-order valence-corrected chi connectivity index (χ1v) is 3.94. The lowest BCUT2D eigenvalue weighted by Gasteiger charge is -2.08. The second-order valence-electron chi connectivity index (χ2n) is 3.09. The summed E-state index contributed by atoms with van der Waals surface area (Å²) in [6, 6.07) is 0. The summed E-state index contributed by atoms with van der Waals surface area (Å²) in [5.74, 6) is 1.62. The van der Waals surface area contributed by atoms with Crippen LogP contribution in [0.2, 0.25) is 0 Å². The molecule has 1 heterocycles. The fourth-order valence-corrected chi connectivity index (χ4v) is 1.09. The van der Waals surface area contributed by atoms with E-state index in [0.717, 1.165) is 12.4 Å². The maximum absolute atomic E-state index is 5.49. The quantitative estimate of drug-likeness (QED) is 0.782. The maximum Gasteiger partial charge on any atom is 0.122 e. The van der Waals surface area contributed by atoms with E-state index in [2.05, 4.69) is 23.4 Å². The van der Waals surface area contributed by atoms with Crippen molar-refractivity contribution in [2.24, 2.45) is 11.7 Å². The Bertz CT molecular complexity index is 220. The van der Waals surface area contributed by atoms with Gasteiger partial charge in [0.25, 0.3) is 0 Å². The molecule has 1 rings (SSSR count). The van der Waals surface area contributed by atoms with Crippen LogP contribution in [-0.4, -0.2) is 9.55 Å². The molecule has 4 heteroatoms. The van der Waals surface area contributed by atoms with E-state index >= 15 is 0 Å². The van der Waals surface area contributed by atoms with E-state index in [1.807, 2.05) is 6.20 Å². The average Bonchev–Trinajstić information content (AvgIpc) is 2.34. The average molecular weight is 190 g/mol. The summed E-state index contributed by atoms with van der Waals surface area (Å²) in [6.45, 7) is 5.90. The topological polar surface area (TPSA) is 43.8 Å². The van der Waals surface area contributed by atoms with E-state index in [4.69, 9.17) is 5.73 Å². The van der Waals surface area contributed by atoms with E-state index in [0.29, 0.717) is 12.5 Å². The van der Waals surface area contributed by atoms with Crippen molar-refractivity contribution in [3.05, 3.63) is 18.2 Å². The van der Waals surface area contributed by atoms with Crippen molar-refractivity contribution in [1.29, 1.82) is 0 Å². The zero-order valence-corrected chi connectivity index (χ0v) is 8.34. The van der Waals surface area contributed by atoms with Crippen LogP contribution in [0, 0.1) is 5.92 Å². The molecule has 0 spiro atoms. The van der Waals surface area contributed by atoms with Gasteiger partial charge in [-0.2, -0.15) is 0 Å². The number of imidazole rings is 1. The molecule has 1 aromatic heterocycles. The van der Waals surface area contributed by atoms with Gasteiger partial charge in [0, 0.05) is 18.9 Å². The Morgan fingerprint density at radius 2 is 2.25 bits per heavy atom. The third-order valence-electron chi connectivity index (χ3n) is 1.55. The largest absolute Gasteiger partial charge is 0.334 e. The summed E-state index contributed by atoms with van der Waals surface area (Å²) in [4.78, 5) is 4.13. The zero-order valence-electron chi connectivity index (χ0n) is 7.53. The second-order valence-corrected chi connectivity index (χ2v) is 3.09. The van der Waals surface area contributed by atoms with Crippen molar-refractivity contribution in [2.45, 2.75) is 26.9 Å². The van der Waals surface area contributed by atoms with Crippen LogP contribution in [0.3, 0.4) is 0 Å². The van der Waals surface area contributed by atoms with Crippen molar-refractivity contribution in [2.75, 3.05) is 0 Å². The summed E-state index contributed by atoms with van der Waals surface area (Å²) < 4.78 is 2.10. The van der Waals surface area contributed by atoms with Crippen molar-refractivity contribution in [3.8, 4) is 0 Å². The Hall–Kier alpha value is -0.540. The van der Waals surface area contributed by atoms with Crippen LogP contribution in [0.4, 0.5) is 0 Å². The molecule has 12 heavy (non-hydrogen) atoms. The van der Waals surface area contributed by atoms with Crippen LogP contribution in [-0.2, 0) is 13.1 Å². The molecule has 0 aliphatic carbocycles. The monoisotopic (exact) mass is 189 g/mol. The number of nitrogens with zero attached hydrogens (tertiary/aromatic N) is 2. The SMILES string of the molecule is CC(C)Cn1ccnc1CN.Cl. The molecule has 0 fully saturated rings. The molecule has 0 bridgehead atoms. The Morgan fingerprint density at radius 1 is 1.58 bits per heavy atom. The maximum atomic E-state index is 5.49. The molecule has 1 aromatic rings. The molecule has 0 atom stereocenters. The van der Waals surface area contributed by atoms with Crippen LogP contribution >= 0.6 is 12.4 Å². The lowest BCUT2D eigenvalue weighted by molar-refractivity contribution is 0.507. The number of aromatic nitrogens is 2. The van der Waals surface area contributed by atoms with Crippen LogP contribution < -0.4 is 5.73 Å². The highest BCUT2D eigenvalue weighted by Crippen LogP contribution is 2.02. The molecule has 2 N–H and O–H groups in total. The molecule has 0 unspecified atom stereocenters. The zero-order chi connectivity index (χ0) is 8.27. The van der Waals surface area contributed by atoms with Gasteiger partial charge in [0.15, 0.2) is 0 Å². The molecule has 0 amide bonds. The molecular weight excluding hydrogens is 174 g/mol. The van der Waals surface area contributed by atoms with Crippen molar-refractivity contribution < 1.29 is 0 Å². The van der Waals surface area contributed by atoms with Crippen molar-refractivity contribution >= 4 is 12.4 Å². The number of hydrogen-bond donors (Lipinski definition) is 1. The molecule has 0 saturated heterocycles. The molecular formula is C8H16ClN3. The molecule has 0 aliphatic heterocycles. The standard InChI is InChI=1S/C8H15N3.ClH/c1-7(2)6-11-4-3-10-8(11)5-9;/h3-4,7H,5-6,9H2,1-2H3;1H. The van der Waals surface area contributed by atoms with Gasteiger partial charge >= 0.3 is 0 Å². The Labute approximate surface area is 79.4 Å². The van der Waals surface area contributed by atoms with E-state index in [1.165, 1.54) is 0 Å². The molecule has 0 saturated carbocycles. The predicted octanol–water partition coefficient (Wildman–Crippen LogP) is 1.42. The van der Waals surface area contributed by atoms with Gasteiger partial charge in [-0.1, -0.05) is 13.8 Å². The van der Waals surface area contributed by atoms with Crippen molar-refractivity contribution in [3.63, 3.8) is 0 Å². The number of halogens is 1. The third kappa shape index (κ3) is 2.83. The Morgan fingerprint density at radius 3 is 2.75 bits per heavy atom. The highest BCUT2D eigenvalue weighted by molar-refractivity contribution is 5.85. The summed E-state index contributed by atoms with van der Waals surface area (Å²) in [7, 11) is 0. The van der Waals surface area contributed by atoms with Gasteiger partial charge in [-0.3, -0.25) is 0 Å². The minimum absolute atomic E-state index is 0. The van der Waals surface area contributed by atoms with Gasteiger partial charge in [-0.05, 0) is 5.92 Å². The number of rotatable bonds is 3.